The topological polar surface area (TPSA) is 75.3 Å². The molecule has 1 saturated heterocycles. The van der Waals surface area contributed by atoms with Gasteiger partial charge in [-0.2, -0.15) is 0 Å². The summed E-state index contributed by atoms with van der Waals surface area (Å²) in [4.78, 5) is 24.1. The molecule has 0 aliphatic carbocycles. The molecule has 1 aliphatic rings. The number of hydrogen-bond donors (Lipinski definition) is 1. The maximum Gasteiger partial charge on any atom is 0.268 e. The predicted octanol–water partition coefficient (Wildman–Crippen LogP) is 1.53. The quantitative estimate of drug-likeness (QED) is 0.872. The van der Waals surface area contributed by atoms with E-state index in [0.717, 1.165) is 26.2 Å². The fourth-order valence-electron chi connectivity index (χ4n) is 3.19. The smallest absolute Gasteiger partial charge is 0.268 e. The molecule has 0 spiro atoms. The lowest BCUT2D eigenvalue weighted by Gasteiger charge is -2.22. The molecule has 2 heterocycles. The normalized spacial score (nSPS) is 17.8. The molecule has 1 fully saturated rings. The maximum absolute atomic E-state index is 11.2. The fourth-order valence-corrected chi connectivity index (χ4v) is 3.19. The second kappa shape index (κ2) is 7.40. The number of anilines is 1. The molecule has 2 aromatic rings. The third-order valence-corrected chi connectivity index (χ3v) is 4.42. The molecule has 6 nitrogen and oxygen atoms in total. The Morgan fingerprint density at radius 1 is 1.33 bits per heavy atom. The van der Waals surface area contributed by atoms with Crippen molar-refractivity contribution >= 4 is 11.7 Å². The highest BCUT2D eigenvalue weighted by molar-refractivity contribution is 5.90. The maximum atomic E-state index is 11.2. The van der Waals surface area contributed by atoms with E-state index < -0.39 is 5.91 Å². The lowest BCUT2D eigenvalue weighted by atomic mass is 10.1. The molecule has 6 heteroatoms. The van der Waals surface area contributed by atoms with Crippen LogP contribution in [0.5, 0.6) is 0 Å². The number of rotatable bonds is 6. The van der Waals surface area contributed by atoms with E-state index in [4.69, 9.17) is 5.73 Å². The minimum absolute atomic E-state index is 0.205. The van der Waals surface area contributed by atoms with Gasteiger partial charge in [-0.15, -0.1) is 0 Å². The fraction of sp³-hybridized carbons (Fsp3) is 0.389. The minimum atomic E-state index is -0.548. The number of nitrogens with two attached hydrogens (primary N) is 1. The van der Waals surface area contributed by atoms with Crippen LogP contribution in [0, 0.1) is 5.92 Å². The third-order valence-electron chi connectivity index (χ3n) is 4.42. The SMILES string of the molecule is CN(CC1CCN(Cc2ccccc2)C1)c1cncc(C(N)=O)n1. The van der Waals surface area contributed by atoms with E-state index in [1.54, 1.807) is 6.20 Å². The Balaban J connectivity index is 1.55. The number of hydrogen-bond acceptors (Lipinski definition) is 5. The number of likely N-dealkylation sites (tertiary alicyclic amines) is 1. The van der Waals surface area contributed by atoms with Crippen LogP contribution >= 0.6 is 0 Å². The van der Waals surface area contributed by atoms with Crippen molar-refractivity contribution in [2.24, 2.45) is 11.7 Å². The van der Waals surface area contributed by atoms with Gasteiger partial charge in [-0.05, 0) is 24.4 Å². The summed E-state index contributed by atoms with van der Waals surface area (Å²) >= 11 is 0. The molecule has 1 aliphatic heterocycles. The van der Waals surface area contributed by atoms with Crippen LogP contribution in [-0.2, 0) is 6.54 Å². The molecule has 0 saturated carbocycles. The molecule has 0 bridgehead atoms. The number of nitrogens with zero attached hydrogens (tertiary/aromatic N) is 4. The summed E-state index contributed by atoms with van der Waals surface area (Å²) in [6.07, 6.45) is 4.24. The van der Waals surface area contributed by atoms with Gasteiger partial charge in [0.15, 0.2) is 0 Å². The van der Waals surface area contributed by atoms with E-state index in [1.807, 2.05) is 13.1 Å². The standard InChI is InChI=1S/C18H23N5O/c1-22(17-10-20-9-16(21-17)18(19)24)11-15-7-8-23(13-15)12-14-5-3-2-4-6-14/h2-6,9-10,15H,7-8,11-13H2,1H3,(H2,19,24). The van der Waals surface area contributed by atoms with Gasteiger partial charge in [0, 0.05) is 26.7 Å². The monoisotopic (exact) mass is 325 g/mol. The van der Waals surface area contributed by atoms with Crippen LogP contribution in [0.25, 0.3) is 0 Å². The Morgan fingerprint density at radius 3 is 2.88 bits per heavy atom. The highest BCUT2D eigenvalue weighted by Crippen LogP contribution is 2.21. The molecule has 1 aromatic heterocycles. The minimum Gasteiger partial charge on any atom is -0.364 e. The Bertz CT molecular complexity index is 691. The molecule has 1 atom stereocenters. The van der Waals surface area contributed by atoms with E-state index >= 15 is 0 Å². The first kappa shape index (κ1) is 16.4. The molecular formula is C18H23N5O. The second-order valence-corrected chi connectivity index (χ2v) is 6.38. The van der Waals surface area contributed by atoms with Gasteiger partial charge in [0.05, 0.1) is 12.4 Å². The number of primary amides is 1. The third kappa shape index (κ3) is 4.08. The lowest BCUT2D eigenvalue weighted by molar-refractivity contribution is 0.0995. The molecule has 1 unspecified atom stereocenters. The van der Waals surface area contributed by atoms with Gasteiger partial charge in [-0.25, -0.2) is 4.98 Å². The van der Waals surface area contributed by atoms with Crippen LogP contribution in [-0.4, -0.2) is 47.5 Å². The molecule has 3 rings (SSSR count). The van der Waals surface area contributed by atoms with Crippen molar-refractivity contribution < 1.29 is 4.79 Å². The first-order valence-electron chi connectivity index (χ1n) is 8.21. The number of benzene rings is 1. The van der Waals surface area contributed by atoms with Crippen LogP contribution < -0.4 is 10.6 Å². The van der Waals surface area contributed by atoms with Crippen molar-refractivity contribution in [3.8, 4) is 0 Å². The van der Waals surface area contributed by atoms with E-state index in [2.05, 4.69) is 44.0 Å². The largest absolute Gasteiger partial charge is 0.364 e. The summed E-state index contributed by atoms with van der Waals surface area (Å²) < 4.78 is 0. The first-order valence-corrected chi connectivity index (χ1v) is 8.21. The molecule has 2 N–H and O–H groups in total. The number of carbonyl (C=O) groups is 1. The van der Waals surface area contributed by atoms with Crippen molar-refractivity contribution in [1.29, 1.82) is 0 Å². The summed E-state index contributed by atoms with van der Waals surface area (Å²) in [6, 6.07) is 10.6. The van der Waals surface area contributed by atoms with Crippen LogP contribution in [0.2, 0.25) is 0 Å². The highest BCUT2D eigenvalue weighted by Gasteiger charge is 2.24. The average molecular weight is 325 g/mol. The van der Waals surface area contributed by atoms with E-state index in [9.17, 15) is 4.79 Å². The number of amides is 1. The molecule has 1 amide bonds. The predicted molar refractivity (Wildman–Crippen MR) is 93.6 cm³/mol. The van der Waals surface area contributed by atoms with Crippen LogP contribution in [0.3, 0.4) is 0 Å². The molecule has 1 aromatic carbocycles. The van der Waals surface area contributed by atoms with E-state index in [1.165, 1.54) is 18.2 Å². The Kier molecular flexibility index (Phi) is 5.05. The zero-order valence-corrected chi connectivity index (χ0v) is 13.9. The van der Waals surface area contributed by atoms with Crippen molar-refractivity contribution in [3.05, 3.63) is 54.0 Å². The molecule has 24 heavy (non-hydrogen) atoms. The number of aromatic nitrogens is 2. The van der Waals surface area contributed by atoms with Gasteiger partial charge >= 0.3 is 0 Å². The summed E-state index contributed by atoms with van der Waals surface area (Å²) in [7, 11) is 1.98. The summed E-state index contributed by atoms with van der Waals surface area (Å²) in [5, 5.41) is 0. The van der Waals surface area contributed by atoms with Crippen LogP contribution in [0.4, 0.5) is 5.82 Å². The highest BCUT2D eigenvalue weighted by atomic mass is 16.1. The van der Waals surface area contributed by atoms with Crippen molar-refractivity contribution in [2.45, 2.75) is 13.0 Å². The Hall–Kier alpha value is -2.47. The second-order valence-electron chi connectivity index (χ2n) is 6.38. The van der Waals surface area contributed by atoms with Gasteiger partial charge < -0.3 is 10.6 Å². The zero-order valence-electron chi connectivity index (χ0n) is 13.9. The van der Waals surface area contributed by atoms with Crippen molar-refractivity contribution in [1.82, 2.24) is 14.9 Å². The molecular weight excluding hydrogens is 302 g/mol. The van der Waals surface area contributed by atoms with Crippen molar-refractivity contribution in [3.63, 3.8) is 0 Å². The van der Waals surface area contributed by atoms with Crippen LogP contribution in [0.1, 0.15) is 22.5 Å². The van der Waals surface area contributed by atoms with E-state index in [-0.39, 0.29) is 5.69 Å². The Labute approximate surface area is 142 Å². The Morgan fingerprint density at radius 2 is 2.12 bits per heavy atom. The van der Waals surface area contributed by atoms with Gasteiger partial charge in [-0.3, -0.25) is 14.7 Å². The average Bonchev–Trinajstić information content (AvgIpc) is 3.02. The van der Waals surface area contributed by atoms with Gasteiger partial charge in [0.2, 0.25) is 0 Å². The van der Waals surface area contributed by atoms with Gasteiger partial charge in [0.1, 0.15) is 11.5 Å². The van der Waals surface area contributed by atoms with Crippen molar-refractivity contribution in [2.75, 3.05) is 31.6 Å². The lowest BCUT2D eigenvalue weighted by Crippen LogP contribution is -2.29. The van der Waals surface area contributed by atoms with Gasteiger partial charge in [0.25, 0.3) is 5.91 Å². The van der Waals surface area contributed by atoms with E-state index in [0.29, 0.717) is 11.7 Å². The van der Waals surface area contributed by atoms with Crippen LogP contribution in [0.15, 0.2) is 42.7 Å². The summed E-state index contributed by atoms with van der Waals surface area (Å²) in [6.45, 7) is 4.07. The molecule has 0 radical (unpaired) electrons. The summed E-state index contributed by atoms with van der Waals surface area (Å²) in [5.74, 6) is 0.721. The zero-order chi connectivity index (χ0) is 16.9. The molecule has 126 valence electrons. The summed E-state index contributed by atoms with van der Waals surface area (Å²) in [5.41, 5.74) is 6.83. The first-order chi connectivity index (χ1) is 11.6. The number of carbonyl (C=O) groups excluding carboxylic acids is 1. The van der Waals surface area contributed by atoms with Gasteiger partial charge in [-0.1, -0.05) is 30.3 Å².